The van der Waals surface area contributed by atoms with E-state index in [0.717, 1.165) is 18.4 Å². The van der Waals surface area contributed by atoms with Gasteiger partial charge in [0.25, 0.3) is 0 Å². The summed E-state index contributed by atoms with van der Waals surface area (Å²) in [7, 11) is 0. The van der Waals surface area contributed by atoms with Gasteiger partial charge in [-0.2, -0.15) is 0 Å². The molecule has 0 aliphatic heterocycles. The highest BCUT2D eigenvalue weighted by Gasteiger charge is 1.91. The molecule has 0 saturated carbocycles. The van der Waals surface area contributed by atoms with Crippen molar-refractivity contribution in [1.29, 1.82) is 0 Å². The van der Waals surface area contributed by atoms with E-state index in [0.29, 0.717) is 0 Å². The maximum atomic E-state index is 3.41. The molecule has 1 rings (SSSR count). The number of benzene rings is 1. The second-order valence-electron chi connectivity index (χ2n) is 3.21. The number of aryl methyl sites for hydroxylation is 1. The summed E-state index contributed by atoms with van der Waals surface area (Å²) < 4.78 is 0. The van der Waals surface area contributed by atoms with E-state index >= 15 is 0 Å². The fourth-order valence-corrected chi connectivity index (χ4v) is 1.53. The van der Waals surface area contributed by atoms with Crippen LogP contribution in [-0.4, -0.2) is 11.9 Å². The molecule has 14 heavy (non-hydrogen) atoms. The third-order valence-electron chi connectivity index (χ3n) is 1.90. The predicted octanol–water partition coefficient (Wildman–Crippen LogP) is 3.45. The molecule has 0 spiro atoms. The number of nitrogens with one attached hydrogen (secondary N) is 1. The monoisotopic (exact) mass is 321 g/mol. The van der Waals surface area contributed by atoms with E-state index in [4.69, 9.17) is 0 Å². The van der Waals surface area contributed by atoms with Crippen LogP contribution < -0.4 is 5.32 Å². The maximum Gasteiger partial charge on any atom is 0.0205 e. The van der Waals surface area contributed by atoms with E-state index in [1.54, 1.807) is 0 Å². The lowest BCUT2D eigenvalue weighted by atomic mass is 10.1. The molecule has 80 valence electrons. The molecule has 0 amide bonds. The van der Waals surface area contributed by atoms with E-state index in [9.17, 15) is 0 Å². The fourth-order valence-electron chi connectivity index (χ4n) is 1.25. The zero-order valence-electron chi connectivity index (χ0n) is 8.42. The fraction of sp³-hybridized carbons (Fsp3) is 0.455. The van der Waals surface area contributed by atoms with Crippen molar-refractivity contribution in [2.24, 2.45) is 0 Å². The summed E-state index contributed by atoms with van der Waals surface area (Å²) in [6, 6.07) is 8.62. The molecule has 0 saturated heterocycles. The van der Waals surface area contributed by atoms with Gasteiger partial charge in [0.2, 0.25) is 0 Å². The van der Waals surface area contributed by atoms with Crippen LogP contribution in [0.15, 0.2) is 24.3 Å². The first-order chi connectivity index (χ1) is 6.33. The molecule has 1 nitrogen and oxygen atoms in total. The summed E-state index contributed by atoms with van der Waals surface area (Å²) >= 11 is 3.41. The average Bonchev–Trinajstić information content (AvgIpc) is 2.13. The second kappa shape index (κ2) is 8.45. The molecule has 0 unspecified atom stereocenters. The number of alkyl halides is 1. The maximum absolute atomic E-state index is 3.41. The van der Waals surface area contributed by atoms with Gasteiger partial charge >= 0.3 is 0 Å². The van der Waals surface area contributed by atoms with Gasteiger partial charge in [0.1, 0.15) is 0 Å². The van der Waals surface area contributed by atoms with Crippen LogP contribution in [0.5, 0.6) is 0 Å². The number of hydrogen-bond acceptors (Lipinski definition) is 1. The van der Waals surface area contributed by atoms with Crippen LogP contribution >= 0.6 is 32.9 Å². The average molecular weight is 323 g/mol. The third-order valence-corrected chi connectivity index (χ3v) is 2.46. The predicted molar refractivity (Wildman–Crippen MR) is 71.6 cm³/mol. The van der Waals surface area contributed by atoms with Crippen molar-refractivity contribution in [2.45, 2.75) is 19.9 Å². The summed E-state index contributed by atoms with van der Waals surface area (Å²) in [6.07, 6.45) is 1.19. The highest BCUT2D eigenvalue weighted by Crippen LogP contribution is 2.02. The van der Waals surface area contributed by atoms with Gasteiger partial charge in [-0.25, -0.2) is 0 Å². The van der Waals surface area contributed by atoms with Gasteiger partial charge in [0.15, 0.2) is 0 Å². The minimum absolute atomic E-state index is 0. The van der Waals surface area contributed by atoms with Crippen LogP contribution in [0.3, 0.4) is 0 Å². The van der Waals surface area contributed by atoms with Crippen molar-refractivity contribution in [3.05, 3.63) is 35.4 Å². The molecule has 3 heteroatoms. The van der Waals surface area contributed by atoms with Gasteiger partial charge in [-0.05, 0) is 25.5 Å². The summed E-state index contributed by atoms with van der Waals surface area (Å²) in [5.41, 5.74) is 2.70. The molecule has 1 aromatic carbocycles. The standard InChI is InChI=1S/C11H16BrN.BrH/c1-10-4-2-5-11(8-10)9-13-7-3-6-12;/h2,4-5,8,13H,3,6-7,9H2,1H3;1H. The molecule has 1 aromatic rings. The first-order valence-corrected chi connectivity index (χ1v) is 5.77. The normalized spacial score (nSPS) is 9.57. The minimum Gasteiger partial charge on any atom is -0.313 e. The van der Waals surface area contributed by atoms with Crippen LogP contribution in [0.1, 0.15) is 17.5 Å². The van der Waals surface area contributed by atoms with Gasteiger partial charge in [-0.15, -0.1) is 17.0 Å². The van der Waals surface area contributed by atoms with Crippen molar-refractivity contribution in [3.63, 3.8) is 0 Å². The van der Waals surface area contributed by atoms with Crippen LogP contribution in [0, 0.1) is 6.92 Å². The lowest BCUT2D eigenvalue weighted by molar-refractivity contribution is 0.680. The van der Waals surface area contributed by atoms with Gasteiger partial charge < -0.3 is 5.32 Å². The Morgan fingerprint density at radius 2 is 2.14 bits per heavy atom. The van der Waals surface area contributed by atoms with E-state index in [2.05, 4.69) is 52.4 Å². The number of rotatable bonds is 5. The Hall–Kier alpha value is 0.140. The topological polar surface area (TPSA) is 12.0 Å². The Morgan fingerprint density at radius 1 is 1.36 bits per heavy atom. The van der Waals surface area contributed by atoms with E-state index < -0.39 is 0 Å². The lowest BCUT2D eigenvalue weighted by Gasteiger charge is -2.04. The summed E-state index contributed by atoms with van der Waals surface area (Å²) in [5.74, 6) is 0. The largest absolute Gasteiger partial charge is 0.313 e. The van der Waals surface area contributed by atoms with E-state index in [1.165, 1.54) is 17.5 Å². The molecule has 1 N–H and O–H groups in total. The number of halogens is 2. The van der Waals surface area contributed by atoms with Gasteiger partial charge in [-0.1, -0.05) is 45.8 Å². The van der Waals surface area contributed by atoms with Gasteiger partial charge in [0, 0.05) is 11.9 Å². The molecular formula is C11H17Br2N. The van der Waals surface area contributed by atoms with Crippen molar-refractivity contribution in [1.82, 2.24) is 5.32 Å². The van der Waals surface area contributed by atoms with Gasteiger partial charge in [0.05, 0.1) is 0 Å². The first-order valence-electron chi connectivity index (χ1n) is 4.65. The van der Waals surface area contributed by atoms with Crippen molar-refractivity contribution in [3.8, 4) is 0 Å². The zero-order valence-corrected chi connectivity index (χ0v) is 11.7. The second-order valence-corrected chi connectivity index (χ2v) is 4.00. The minimum atomic E-state index is 0. The SMILES string of the molecule is Br.Cc1cccc(CNCCCBr)c1. The molecule has 0 fully saturated rings. The molecule has 0 atom stereocenters. The summed E-state index contributed by atoms with van der Waals surface area (Å²) in [4.78, 5) is 0. The van der Waals surface area contributed by atoms with E-state index in [1.807, 2.05) is 0 Å². The lowest BCUT2D eigenvalue weighted by Crippen LogP contribution is -2.14. The van der Waals surface area contributed by atoms with Crippen LogP contribution in [0.2, 0.25) is 0 Å². The highest BCUT2D eigenvalue weighted by molar-refractivity contribution is 9.09. The van der Waals surface area contributed by atoms with Gasteiger partial charge in [-0.3, -0.25) is 0 Å². The Labute approximate surface area is 105 Å². The van der Waals surface area contributed by atoms with Crippen LogP contribution in [-0.2, 0) is 6.54 Å². The molecule has 0 bridgehead atoms. The van der Waals surface area contributed by atoms with Crippen molar-refractivity contribution in [2.75, 3.05) is 11.9 Å². The molecule has 0 aliphatic rings. The molecule has 0 heterocycles. The Balaban J connectivity index is 0.00000169. The van der Waals surface area contributed by atoms with E-state index in [-0.39, 0.29) is 17.0 Å². The Morgan fingerprint density at radius 3 is 2.79 bits per heavy atom. The van der Waals surface area contributed by atoms with Crippen LogP contribution in [0.4, 0.5) is 0 Å². The number of hydrogen-bond donors (Lipinski definition) is 1. The highest BCUT2D eigenvalue weighted by atomic mass is 79.9. The summed E-state index contributed by atoms with van der Waals surface area (Å²) in [6.45, 7) is 4.19. The third kappa shape index (κ3) is 5.78. The molecule has 0 aliphatic carbocycles. The molecule has 0 aromatic heterocycles. The molecular weight excluding hydrogens is 306 g/mol. The quantitative estimate of drug-likeness (QED) is 0.646. The summed E-state index contributed by atoms with van der Waals surface area (Å²) in [5, 5.41) is 4.48. The van der Waals surface area contributed by atoms with Crippen molar-refractivity contribution < 1.29 is 0 Å². The zero-order chi connectivity index (χ0) is 9.52. The first kappa shape index (κ1) is 14.1. The van der Waals surface area contributed by atoms with Crippen molar-refractivity contribution >= 4 is 32.9 Å². The Bertz CT molecular complexity index is 251. The molecule has 0 radical (unpaired) electrons. The van der Waals surface area contributed by atoms with Crippen LogP contribution in [0.25, 0.3) is 0 Å². The smallest absolute Gasteiger partial charge is 0.0205 e. The Kier molecular flexibility index (Phi) is 8.53.